The Balaban J connectivity index is 2.00. The van der Waals surface area contributed by atoms with Gasteiger partial charge in [0.25, 0.3) is 11.5 Å². The van der Waals surface area contributed by atoms with Crippen LogP contribution in [0.5, 0.6) is 0 Å². The number of esters is 1. The fraction of sp³-hybridized carbons (Fsp3) is 0.200. The SMILES string of the molecule is COC(=O)c1sccc1NC(=O)c1sc2ncn(C)c(=O)c2c1C. The number of carbonyl (C=O) groups excluding carboxylic acids is 2. The lowest BCUT2D eigenvalue weighted by molar-refractivity contribution is 0.0607. The van der Waals surface area contributed by atoms with Crippen LogP contribution in [0.15, 0.2) is 22.6 Å². The van der Waals surface area contributed by atoms with Crippen molar-refractivity contribution in [3.8, 4) is 0 Å². The van der Waals surface area contributed by atoms with Crippen molar-refractivity contribution < 1.29 is 14.3 Å². The van der Waals surface area contributed by atoms with Gasteiger partial charge in [0.2, 0.25) is 0 Å². The van der Waals surface area contributed by atoms with Crippen LogP contribution in [-0.4, -0.2) is 28.5 Å². The third kappa shape index (κ3) is 2.61. The first kappa shape index (κ1) is 16.3. The molecule has 0 bridgehead atoms. The van der Waals surface area contributed by atoms with E-state index in [0.29, 0.717) is 31.2 Å². The quantitative estimate of drug-likeness (QED) is 0.722. The fourth-order valence-electron chi connectivity index (χ4n) is 2.26. The van der Waals surface area contributed by atoms with Crippen LogP contribution >= 0.6 is 22.7 Å². The number of hydrogen-bond donors (Lipinski definition) is 1. The van der Waals surface area contributed by atoms with Crippen LogP contribution in [0.1, 0.15) is 24.9 Å². The minimum absolute atomic E-state index is 0.196. The van der Waals surface area contributed by atoms with Gasteiger partial charge in [-0.05, 0) is 23.9 Å². The summed E-state index contributed by atoms with van der Waals surface area (Å²) in [5.41, 5.74) is 0.768. The number of rotatable bonds is 3. The molecule has 0 spiro atoms. The van der Waals surface area contributed by atoms with Crippen molar-refractivity contribution in [3.05, 3.63) is 43.4 Å². The van der Waals surface area contributed by atoms with Gasteiger partial charge in [0.1, 0.15) is 9.71 Å². The summed E-state index contributed by atoms with van der Waals surface area (Å²) in [6, 6.07) is 1.63. The number of thiophene rings is 2. The van der Waals surface area contributed by atoms with E-state index in [4.69, 9.17) is 4.74 Å². The number of fused-ring (bicyclic) bond motifs is 1. The van der Waals surface area contributed by atoms with Crippen molar-refractivity contribution in [2.75, 3.05) is 12.4 Å². The van der Waals surface area contributed by atoms with E-state index < -0.39 is 5.97 Å². The molecule has 0 aliphatic heterocycles. The van der Waals surface area contributed by atoms with Gasteiger partial charge in [-0.3, -0.25) is 9.59 Å². The zero-order chi connectivity index (χ0) is 17.4. The van der Waals surface area contributed by atoms with Crippen LogP contribution in [0.25, 0.3) is 10.2 Å². The highest BCUT2D eigenvalue weighted by Crippen LogP contribution is 2.29. The molecule has 0 fully saturated rings. The second-order valence-electron chi connectivity index (χ2n) is 5.01. The minimum atomic E-state index is -0.510. The second-order valence-corrected chi connectivity index (χ2v) is 6.92. The molecule has 1 amide bonds. The summed E-state index contributed by atoms with van der Waals surface area (Å²) in [6.07, 6.45) is 1.43. The Morgan fingerprint density at radius 1 is 1.33 bits per heavy atom. The summed E-state index contributed by atoms with van der Waals surface area (Å²) in [7, 11) is 2.89. The standard InChI is InChI=1S/C15H13N3O4S2/c1-7-9-13(16-6-18(2)14(9)20)24-10(7)12(19)17-8-4-5-23-11(8)15(21)22-3/h4-6H,1-3H3,(H,17,19). The van der Waals surface area contributed by atoms with E-state index in [2.05, 4.69) is 10.3 Å². The molecule has 124 valence electrons. The second kappa shape index (κ2) is 6.17. The molecule has 0 aliphatic carbocycles. The molecule has 1 N–H and O–H groups in total. The molecule has 3 heterocycles. The van der Waals surface area contributed by atoms with Crippen molar-refractivity contribution in [1.29, 1.82) is 0 Å². The van der Waals surface area contributed by atoms with Gasteiger partial charge in [0.15, 0.2) is 0 Å². The monoisotopic (exact) mass is 363 g/mol. The van der Waals surface area contributed by atoms with Gasteiger partial charge >= 0.3 is 5.97 Å². The number of hydrogen-bond acceptors (Lipinski definition) is 7. The predicted molar refractivity (Wildman–Crippen MR) is 93.2 cm³/mol. The van der Waals surface area contributed by atoms with E-state index in [-0.39, 0.29) is 11.5 Å². The highest BCUT2D eigenvalue weighted by molar-refractivity contribution is 7.20. The zero-order valence-electron chi connectivity index (χ0n) is 13.1. The maximum absolute atomic E-state index is 12.6. The minimum Gasteiger partial charge on any atom is -0.465 e. The summed E-state index contributed by atoms with van der Waals surface area (Å²) in [5, 5.41) is 4.83. The predicted octanol–water partition coefficient (Wildman–Crippen LogP) is 2.40. The maximum Gasteiger partial charge on any atom is 0.350 e. The van der Waals surface area contributed by atoms with E-state index in [9.17, 15) is 14.4 Å². The summed E-state index contributed by atoms with van der Waals surface area (Å²) in [4.78, 5) is 41.9. The Kier molecular flexibility index (Phi) is 4.20. The first-order valence-corrected chi connectivity index (χ1v) is 8.55. The molecule has 0 atom stereocenters. The van der Waals surface area contributed by atoms with Gasteiger partial charge in [-0.1, -0.05) is 0 Å². The smallest absolute Gasteiger partial charge is 0.350 e. The van der Waals surface area contributed by atoms with Crippen LogP contribution in [0.2, 0.25) is 0 Å². The number of ether oxygens (including phenoxy) is 1. The summed E-state index contributed by atoms with van der Waals surface area (Å²) in [6.45, 7) is 1.71. The molecule has 24 heavy (non-hydrogen) atoms. The van der Waals surface area contributed by atoms with E-state index in [1.165, 1.54) is 29.3 Å². The van der Waals surface area contributed by atoms with E-state index in [1.807, 2.05) is 0 Å². The average Bonchev–Trinajstić information content (AvgIpc) is 3.15. The van der Waals surface area contributed by atoms with Crippen molar-refractivity contribution in [1.82, 2.24) is 9.55 Å². The number of nitrogens with one attached hydrogen (secondary N) is 1. The molecule has 0 aromatic carbocycles. The molecule has 7 nitrogen and oxygen atoms in total. The third-order valence-electron chi connectivity index (χ3n) is 3.50. The van der Waals surface area contributed by atoms with Gasteiger partial charge in [0, 0.05) is 7.05 Å². The zero-order valence-corrected chi connectivity index (χ0v) is 14.7. The molecule has 0 unspecified atom stereocenters. The van der Waals surface area contributed by atoms with Crippen LogP contribution in [0.3, 0.4) is 0 Å². The maximum atomic E-state index is 12.6. The van der Waals surface area contributed by atoms with Gasteiger partial charge < -0.3 is 14.6 Å². The molecule has 0 saturated carbocycles. The Morgan fingerprint density at radius 2 is 2.08 bits per heavy atom. The molecule has 3 aromatic rings. The highest BCUT2D eigenvalue weighted by atomic mass is 32.1. The number of methoxy groups -OCH3 is 1. The number of anilines is 1. The van der Waals surface area contributed by atoms with Crippen molar-refractivity contribution in [3.63, 3.8) is 0 Å². The van der Waals surface area contributed by atoms with Gasteiger partial charge in [-0.2, -0.15) is 0 Å². The topological polar surface area (TPSA) is 90.3 Å². The van der Waals surface area contributed by atoms with Crippen LogP contribution < -0.4 is 10.9 Å². The Morgan fingerprint density at radius 3 is 2.79 bits per heavy atom. The molecule has 0 aliphatic rings. The van der Waals surface area contributed by atoms with Crippen LogP contribution in [-0.2, 0) is 11.8 Å². The number of carbonyl (C=O) groups is 2. The molecule has 3 rings (SSSR count). The lowest BCUT2D eigenvalue weighted by atomic mass is 10.2. The first-order valence-electron chi connectivity index (χ1n) is 6.86. The molecule has 9 heteroatoms. The Labute approximate surface area is 144 Å². The summed E-state index contributed by atoms with van der Waals surface area (Å²) in [5.74, 6) is -0.898. The molecular weight excluding hydrogens is 350 g/mol. The van der Waals surface area contributed by atoms with E-state index in [1.54, 1.807) is 25.4 Å². The lowest BCUT2D eigenvalue weighted by Crippen LogP contribution is -2.17. The van der Waals surface area contributed by atoms with Crippen molar-refractivity contribution in [2.45, 2.75) is 6.92 Å². The highest BCUT2D eigenvalue weighted by Gasteiger charge is 2.21. The van der Waals surface area contributed by atoms with E-state index in [0.717, 1.165) is 11.3 Å². The van der Waals surface area contributed by atoms with Gasteiger partial charge in [0.05, 0.1) is 29.4 Å². The summed E-state index contributed by atoms with van der Waals surface area (Å²) < 4.78 is 6.06. The normalized spacial score (nSPS) is 10.8. The fourth-order valence-corrected chi connectivity index (χ4v) is 4.06. The average molecular weight is 363 g/mol. The first-order chi connectivity index (χ1) is 11.4. The Hall–Kier alpha value is -2.52. The third-order valence-corrected chi connectivity index (χ3v) is 5.59. The van der Waals surface area contributed by atoms with Crippen LogP contribution in [0.4, 0.5) is 5.69 Å². The van der Waals surface area contributed by atoms with Gasteiger partial charge in [-0.25, -0.2) is 9.78 Å². The molecule has 0 saturated heterocycles. The number of nitrogens with zero attached hydrogens (tertiary/aromatic N) is 2. The lowest BCUT2D eigenvalue weighted by Gasteiger charge is -2.04. The molecule has 0 radical (unpaired) electrons. The number of amides is 1. The largest absolute Gasteiger partial charge is 0.465 e. The molecular formula is C15H13N3O4S2. The summed E-state index contributed by atoms with van der Waals surface area (Å²) >= 11 is 2.33. The van der Waals surface area contributed by atoms with E-state index >= 15 is 0 Å². The van der Waals surface area contributed by atoms with Crippen molar-refractivity contribution in [2.24, 2.45) is 7.05 Å². The number of aromatic nitrogens is 2. The number of aryl methyl sites for hydroxylation is 2. The molecule has 3 aromatic heterocycles. The van der Waals surface area contributed by atoms with Crippen molar-refractivity contribution >= 4 is 50.5 Å². The van der Waals surface area contributed by atoms with Crippen LogP contribution in [0, 0.1) is 6.92 Å². The van der Waals surface area contributed by atoms with Gasteiger partial charge in [-0.15, -0.1) is 22.7 Å². The Bertz CT molecular complexity index is 1020.